The maximum atomic E-state index is 11.6. The molecule has 3 aliphatic rings. The molecule has 6 nitrogen and oxygen atoms in total. The number of amidine groups is 1. The molecule has 4 N–H and O–H groups in total. The van der Waals surface area contributed by atoms with E-state index in [1.165, 1.54) is 16.7 Å². The van der Waals surface area contributed by atoms with E-state index in [0.717, 1.165) is 12.2 Å². The number of fused-ring (bicyclic) bond motifs is 1. The molecule has 3 aliphatic heterocycles. The minimum Gasteiger partial charge on any atom is -0.379 e. The Morgan fingerprint density at radius 3 is 3.25 bits per heavy atom. The molecule has 0 bridgehead atoms. The van der Waals surface area contributed by atoms with Crippen molar-refractivity contribution in [1.82, 2.24) is 4.90 Å². The van der Waals surface area contributed by atoms with E-state index >= 15 is 0 Å². The van der Waals surface area contributed by atoms with Crippen LogP contribution in [0, 0.1) is 12.1 Å². The number of nitrogens with zero attached hydrogens (tertiary/aromatic N) is 2. The highest BCUT2D eigenvalue weighted by Gasteiger charge is 2.54. The summed E-state index contributed by atoms with van der Waals surface area (Å²) in [5, 5.41) is 2.08. The van der Waals surface area contributed by atoms with Crippen LogP contribution in [0.3, 0.4) is 0 Å². The van der Waals surface area contributed by atoms with E-state index in [1.54, 1.807) is 17.2 Å². The summed E-state index contributed by atoms with van der Waals surface area (Å²) in [6.45, 7) is 2.52. The standard InChI is InChI=1S/C12H17N4O2S2/c1-7-4-8-5-20-10(13)15-12(8,6-18-7)9-16(11(14)17)2-3-19-9/h3,7-9H,4-6H2,1H3,(H2,13,15)(H2,14,17)/t7-,8-,9?,12?/m0/s1. The van der Waals surface area contributed by atoms with Crippen molar-refractivity contribution in [2.75, 3.05) is 12.4 Å². The number of thioether (sulfide) groups is 2. The Labute approximate surface area is 126 Å². The molecule has 0 aromatic rings. The summed E-state index contributed by atoms with van der Waals surface area (Å²) in [7, 11) is 0. The van der Waals surface area contributed by atoms with Gasteiger partial charge in [-0.1, -0.05) is 11.8 Å². The predicted molar refractivity (Wildman–Crippen MR) is 80.9 cm³/mol. The van der Waals surface area contributed by atoms with Crippen LogP contribution in [0.2, 0.25) is 0 Å². The van der Waals surface area contributed by atoms with Gasteiger partial charge in [0.25, 0.3) is 0 Å². The molecule has 109 valence electrons. The van der Waals surface area contributed by atoms with E-state index in [-0.39, 0.29) is 11.5 Å². The van der Waals surface area contributed by atoms with Crippen molar-refractivity contribution in [2.24, 2.45) is 22.4 Å². The SMILES string of the molecule is C[C@H]1C[C@H]2CSC(N)=NC2(C2SC=[C]N2C(N)=O)CO1. The monoisotopic (exact) mass is 313 g/mol. The van der Waals surface area contributed by atoms with E-state index < -0.39 is 11.6 Å². The number of primary amides is 1. The van der Waals surface area contributed by atoms with Crippen LogP contribution in [0.4, 0.5) is 4.79 Å². The van der Waals surface area contributed by atoms with E-state index in [9.17, 15) is 4.79 Å². The Kier molecular flexibility index (Phi) is 3.64. The molecule has 20 heavy (non-hydrogen) atoms. The van der Waals surface area contributed by atoms with Crippen molar-refractivity contribution < 1.29 is 9.53 Å². The van der Waals surface area contributed by atoms with Gasteiger partial charge in [-0.3, -0.25) is 9.89 Å². The van der Waals surface area contributed by atoms with Gasteiger partial charge in [0.1, 0.15) is 10.9 Å². The molecule has 0 aromatic carbocycles. The number of rotatable bonds is 1. The maximum Gasteiger partial charge on any atom is 0.320 e. The fraction of sp³-hybridized carbons (Fsp3) is 0.667. The Balaban J connectivity index is 1.97. The zero-order valence-electron chi connectivity index (χ0n) is 11.1. The Bertz CT molecular complexity index is 484. The first-order valence-electron chi connectivity index (χ1n) is 6.44. The minimum atomic E-state index is -0.526. The van der Waals surface area contributed by atoms with Crippen molar-refractivity contribution in [3.05, 3.63) is 11.6 Å². The second-order valence-corrected chi connectivity index (χ2v) is 7.24. The first kappa shape index (κ1) is 14.1. The highest BCUT2D eigenvalue weighted by atomic mass is 32.2. The smallest absolute Gasteiger partial charge is 0.320 e. The van der Waals surface area contributed by atoms with Gasteiger partial charge in [0.15, 0.2) is 5.17 Å². The largest absolute Gasteiger partial charge is 0.379 e. The van der Waals surface area contributed by atoms with Gasteiger partial charge < -0.3 is 16.2 Å². The van der Waals surface area contributed by atoms with Crippen molar-refractivity contribution in [1.29, 1.82) is 0 Å². The first-order chi connectivity index (χ1) is 9.53. The lowest BCUT2D eigenvalue weighted by Crippen LogP contribution is -2.61. The number of carbonyl (C=O) groups is 1. The number of carbonyl (C=O) groups excluding carboxylic acids is 1. The van der Waals surface area contributed by atoms with Crippen LogP contribution in [-0.2, 0) is 4.74 Å². The molecule has 1 fully saturated rings. The van der Waals surface area contributed by atoms with Crippen LogP contribution in [0.15, 0.2) is 10.4 Å². The lowest BCUT2D eigenvalue weighted by atomic mass is 9.79. The minimum absolute atomic E-state index is 0.202. The molecule has 2 unspecified atom stereocenters. The molecular weight excluding hydrogens is 296 g/mol. The van der Waals surface area contributed by atoms with Gasteiger partial charge in [0.2, 0.25) is 0 Å². The Morgan fingerprint density at radius 1 is 1.70 bits per heavy atom. The maximum absolute atomic E-state index is 11.6. The zero-order valence-corrected chi connectivity index (χ0v) is 12.7. The van der Waals surface area contributed by atoms with Gasteiger partial charge in [0.05, 0.1) is 18.9 Å². The van der Waals surface area contributed by atoms with Gasteiger partial charge >= 0.3 is 6.03 Å². The van der Waals surface area contributed by atoms with Crippen LogP contribution in [0.25, 0.3) is 0 Å². The number of urea groups is 1. The van der Waals surface area contributed by atoms with Gasteiger partial charge in [0, 0.05) is 11.7 Å². The number of aliphatic imine (C=N–C) groups is 1. The molecule has 1 saturated heterocycles. The molecule has 3 rings (SSSR count). The molecule has 0 spiro atoms. The van der Waals surface area contributed by atoms with Crippen LogP contribution < -0.4 is 11.5 Å². The summed E-state index contributed by atoms with van der Waals surface area (Å²) in [6, 6.07) is -0.519. The first-order valence-corrected chi connectivity index (χ1v) is 8.37. The topological polar surface area (TPSA) is 93.9 Å². The third-order valence-corrected chi connectivity index (χ3v) is 6.04. The lowest BCUT2D eigenvalue weighted by molar-refractivity contribution is -0.0531. The molecule has 1 radical (unpaired) electrons. The number of amides is 2. The van der Waals surface area contributed by atoms with Crippen LogP contribution in [0.1, 0.15) is 13.3 Å². The van der Waals surface area contributed by atoms with Crippen LogP contribution >= 0.6 is 23.5 Å². The van der Waals surface area contributed by atoms with Gasteiger partial charge in [-0.2, -0.15) is 0 Å². The van der Waals surface area contributed by atoms with E-state index in [0.29, 0.717) is 17.7 Å². The third kappa shape index (κ3) is 2.19. The summed E-state index contributed by atoms with van der Waals surface area (Å²) in [5.41, 5.74) is 10.8. The number of hydrogen-bond acceptors (Lipinski definition) is 6. The number of nitrogens with two attached hydrogens (primary N) is 2. The molecule has 3 heterocycles. The fourth-order valence-electron chi connectivity index (χ4n) is 2.95. The van der Waals surface area contributed by atoms with E-state index in [2.05, 4.69) is 18.1 Å². The second kappa shape index (κ2) is 5.16. The van der Waals surface area contributed by atoms with Crippen LogP contribution in [0.5, 0.6) is 0 Å². The van der Waals surface area contributed by atoms with Crippen molar-refractivity contribution in [3.8, 4) is 0 Å². The average Bonchev–Trinajstić information content (AvgIpc) is 2.89. The highest BCUT2D eigenvalue weighted by Crippen LogP contribution is 2.47. The lowest BCUT2D eigenvalue weighted by Gasteiger charge is -2.49. The fourth-order valence-corrected chi connectivity index (χ4v) is 5.12. The molecule has 8 heteroatoms. The summed E-state index contributed by atoms with van der Waals surface area (Å²) >= 11 is 3.07. The van der Waals surface area contributed by atoms with Gasteiger partial charge in [-0.15, -0.1) is 11.8 Å². The predicted octanol–water partition coefficient (Wildman–Crippen LogP) is 0.940. The van der Waals surface area contributed by atoms with Gasteiger partial charge in [-0.25, -0.2) is 4.79 Å². The molecule has 2 amide bonds. The van der Waals surface area contributed by atoms with Crippen molar-refractivity contribution >= 4 is 34.7 Å². The zero-order chi connectivity index (χ0) is 14.3. The second-order valence-electron chi connectivity index (χ2n) is 5.25. The Morgan fingerprint density at radius 2 is 2.50 bits per heavy atom. The summed E-state index contributed by atoms with van der Waals surface area (Å²) < 4.78 is 5.83. The number of ether oxygens (including phenoxy) is 1. The molecule has 4 atom stereocenters. The van der Waals surface area contributed by atoms with E-state index in [1.807, 2.05) is 0 Å². The molecule has 0 aromatic heterocycles. The van der Waals surface area contributed by atoms with Gasteiger partial charge in [-0.05, 0) is 18.8 Å². The average molecular weight is 313 g/mol. The summed E-state index contributed by atoms with van der Waals surface area (Å²) in [4.78, 5) is 17.7. The molecule has 0 aliphatic carbocycles. The normalized spacial score (nSPS) is 40.4. The summed E-state index contributed by atoms with van der Waals surface area (Å²) in [6.07, 6.45) is 3.99. The van der Waals surface area contributed by atoms with E-state index in [4.69, 9.17) is 16.2 Å². The quantitative estimate of drug-likeness (QED) is 0.751. The third-order valence-electron chi connectivity index (χ3n) is 3.96. The van der Waals surface area contributed by atoms with Crippen molar-refractivity contribution in [2.45, 2.75) is 30.4 Å². The molecular formula is C12H17N4O2S2. The Hall–Kier alpha value is -0.860. The number of hydrogen-bond donors (Lipinski definition) is 2. The van der Waals surface area contributed by atoms with Crippen molar-refractivity contribution in [3.63, 3.8) is 0 Å². The van der Waals surface area contributed by atoms with Crippen LogP contribution in [-0.4, -0.2) is 45.5 Å². The summed E-state index contributed by atoms with van der Waals surface area (Å²) in [5.74, 6) is 1.21. The molecule has 0 saturated carbocycles. The highest BCUT2D eigenvalue weighted by molar-refractivity contribution is 8.13.